The summed E-state index contributed by atoms with van der Waals surface area (Å²) in [6.45, 7) is 3.66. The summed E-state index contributed by atoms with van der Waals surface area (Å²) >= 11 is 1.42. The Morgan fingerprint density at radius 2 is 1.96 bits per heavy atom. The highest BCUT2D eigenvalue weighted by Gasteiger charge is 2.15. The molecule has 0 fully saturated rings. The first kappa shape index (κ1) is 16.5. The quantitative estimate of drug-likeness (QED) is 0.601. The van der Waals surface area contributed by atoms with Crippen LogP contribution in [-0.4, -0.2) is 15.5 Å². The molecule has 6 heteroatoms. The van der Waals surface area contributed by atoms with Gasteiger partial charge in [0.1, 0.15) is 17.1 Å². The van der Waals surface area contributed by atoms with E-state index < -0.39 is 0 Å². The van der Waals surface area contributed by atoms with E-state index in [1.165, 1.54) is 15.9 Å². The molecule has 0 bridgehead atoms. The van der Waals surface area contributed by atoms with Gasteiger partial charge in [-0.2, -0.15) is 0 Å². The Labute approximate surface area is 153 Å². The summed E-state index contributed by atoms with van der Waals surface area (Å²) in [5.41, 5.74) is 2.32. The van der Waals surface area contributed by atoms with Crippen molar-refractivity contribution in [3.05, 3.63) is 70.3 Å². The van der Waals surface area contributed by atoms with Crippen LogP contribution in [0, 0.1) is 13.8 Å². The van der Waals surface area contributed by atoms with Crippen LogP contribution < -0.4 is 10.9 Å². The Bertz CT molecular complexity index is 1210. The van der Waals surface area contributed by atoms with E-state index in [1.54, 1.807) is 6.92 Å². The highest BCUT2D eigenvalue weighted by atomic mass is 32.1. The van der Waals surface area contributed by atoms with Crippen LogP contribution in [0.3, 0.4) is 0 Å². The summed E-state index contributed by atoms with van der Waals surface area (Å²) in [5, 5.41) is 3.81. The smallest absolute Gasteiger partial charge is 0.272 e. The Morgan fingerprint density at radius 3 is 2.77 bits per heavy atom. The molecule has 26 heavy (non-hydrogen) atoms. The highest BCUT2D eigenvalue weighted by molar-refractivity contribution is 7.25. The molecule has 0 unspecified atom stereocenters. The van der Waals surface area contributed by atoms with Crippen molar-refractivity contribution in [3.8, 4) is 0 Å². The SMILES string of the molecule is Cc1cccc(NC(=O)Cn2c(C)nc3c(sc4ccccc43)c2=O)c1. The fourth-order valence-corrected chi connectivity index (χ4v) is 4.12. The van der Waals surface area contributed by atoms with Gasteiger partial charge in [0.05, 0.1) is 5.52 Å². The predicted octanol–water partition coefficient (Wildman–Crippen LogP) is 3.87. The normalized spacial score (nSPS) is 11.2. The molecule has 4 rings (SSSR count). The minimum Gasteiger partial charge on any atom is -0.325 e. The zero-order chi connectivity index (χ0) is 18.3. The van der Waals surface area contributed by atoms with Gasteiger partial charge in [0.15, 0.2) is 0 Å². The van der Waals surface area contributed by atoms with Crippen molar-refractivity contribution < 1.29 is 4.79 Å². The predicted molar refractivity (Wildman–Crippen MR) is 106 cm³/mol. The van der Waals surface area contributed by atoms with Gasteiger partial charge in [-0.25, -0.2) is 4.98 Å². The van der Waals surface area contributed by atoms with Gasteiger partial charge in [-0.1, -0.05) is 30.3 Å². The number of aromatic nitrogens is 2. The Kier molecular flexibility index (Phi) is 4.05. The molecule has 0 saturated carbocycles. The Hall–Kier alpha value is -2.99. The summed E-state index contributed by atoms with van der Waals surface area (Å²) in [6.07, 6.45) is 0. The second-order valence-corrected chi connectivity index (χ2v) is 7.30. The topological polar surface area (TPSA) is 64.0 Å². The van der Waals surface area contributed by atoms with Crippen LogP contribution in [0.2, 0.25) is 0 Å². The first-order chi connectivity index (χ1) is 12.5. The molecule has 0 atom stereocenters. The van der Waals surface area contributed by atoms with Crippen LogP contribution in [0.1, 0.15) is 11.4 Å². The molecule has 4 aromatic rings. The fourth-order valence-electron chi connectivity index (χ4n) is 3.03. The summed E-state index contributed by atoms with van der Waals surface area (Å²) in [4.78, 5) is 29.9. The van der Waals surface area contributed by atoms with E-state index in [0.29, 0.717) is 16.0 Å². The number of carbonyl (C=O) groups excluding carboxylic acids is 1. The summed E-state index contributed by atoms with van der Waals surface area (Å²) < 4.78 is 3.04. The number of hydrogen-bond donors (Lipinski definition) is 1. The number of nitrogens with one attached hydrogen (secondary N) is 1. The molecule has 1 N–H and O–H groups in total. The largest absolute Gasteiger partial charge is 0.325 e. The second kappa shape index (κ2) is 6.38. The van der Waals surface area contributed by atoms with Crippen LogP contribution in [0.5, 0.6) is 0 Å². The average molecular weight is 363 g/mol. The molecule has 1 amide bonds. The molecule has 0 saturated heterocycles. The van der Waals surface area contributed by atoms with Gasteiger partial charge in [-0.3, -0.25) is 14.2 Å². The summed E-state index contributed by atoms with van der Waals surface area (Å²) in [6, 6.07) is 15.4. The zero-order valence-electron chi connectivity index (χ0n) is 14.4. The third-order valence-electron chi connectivity index (χ3n) is 4.28. The fraction of sp³-hybridized carbons (Fsp3) is 0.150. The second-order valence-electron chi connectivity index (χ2n) is 6.24. The molecule has 5 nitrogen and oxygen atoms in total. The summed E-state index contributed by atoms with van der Waals surface area (Å²) in [5.74, 6) is 0.286. The van der Waals surface area contributed by atoms with Gasteiger partial charge in [-0.05, 0) is 37.6 Å². The average Bonchev–Trinajstić information content (AvgIpc) is 2.97. The standard InChI is InChI=1S/C20H17N3O2S/c1-12-6-5-7-14(10-12)22-17(24)11-23-13(2)21-18-15-8-3-4-9-16(15)26-19(18)20(23)25/h3-10H,11H2,1-2H3,(H,22,24). The Balaban J connectivity index is 1.71. The number of thiophene rings is 1. The lowest BCUT2D eigenvalue weighted by molar-refractivity contribution is -0.116. The van der Waals surface area contributed by atoms with E-state index in [9.17, 15) is 9.59 Å². The number of hydrogen-bond acceptors (Lipinski definition) is 4. The van der Waals surface area contributed by atoms with Crippen molar-refractivity contribution in [3.63, 3.8) is 0 Å². The third-order valence-corrected chi connectivity index (χ3v) is 5.42. The number of benzene rings is 2. The Morgan fingerprint density at radius 1 is 1.15 bits per heavy atom. The number of carbonyl (C=O) groups is 1. The molecule has 0 radical (unpaired) electrons. The molecule has 0 aliphatic carbocycles. The van der Waals surface area contributed by atoms with Gasteiger partial charge >= 0.3 is 0 Å². The van der Waals surface area contributed by atoms with Crippen molar-refractivity contribution in [2.24, 2.45) is 0 Å². The first-order valence-electron chi connectivity index (χ1n) is 8.28. The van der Waals surface area contributed by atoms with Crippen LogP contribution >= 0.6 is 11.3 Å². The molecule has 0 spiro atoms. The molecule has 2 aromatic carbocycles. The summed E-state index contributed by atoms with van der Waals surface area (Å²) in [7, 11) is 0. The van der Waals surface area contributed by atoms with Gasteiger partial charge < -0.3 is 5.32 Å². The van der Waals surface area contributed by atoms with Crippen molar-refractivity contribution in [1.29, 1.82) is 0 Å². The lowest BCUT2D eigenvalue weighted by Gasteiger charge is -2.10. The molecular formula is C20H17N3O2S. The van der Waals surface area contributed by atoms with Crippen molar-refractivity contribution in [2.75, 3.05) is 5.32 Å². The number of anilines is 1. The molecule has 0 aliphatic rings. The molecular weight excluding hydrogens is 346 g/mol. The van der Waals surface area contributed by atoms with Crippen molar-refractivity contribution in [1.82, 2.24) is 9.55 Å². The van der Waals surface area contributed by atoms with Crippen LogP contribution in [-0.2, 0) is 11.3 Å². The lowest BCUT2D eigenvalue weighted by atomic mass is 10.2. The van der Waals surface area contributed by atoms with Crippen LogP contribution in [0.25, 0.3) is 20.3 Å². The maximum absolute atomic E-state index is 12.9. The van der Waals surface area contributed by atoms with Gasteiger partial charge in [0.25, 0.3) is 5.56 Å². The highest BCUT2D eigenvalue weighted by Crippen LogP contribution is 2.30. The number of amides is 1. The minimum absolute atomic E-state index is 0.0597. The van der Waals surface area contributed by atoms with Crippen molar-refractivity contribution >= 4 is 43.2 Å². The monoisotopic (exact) mass is 363 g/mol. The van der Waals surface area contributed by atoms with E-state index in [-0.39, 0.29) is 18.0 Å². The van der Waals surface area contributed by atoms with Crippen LogP contribution in [0.15, 0.2) is 53.3 Å². The van der Waals surface area contributed by atoms with E-state index >= 15 is 0 Å². The maximum atomic E-state index is 12.9. The van der Waals surface area contributed by atoms with E-state index in [4.69, 9.17) is 0 Å². The minimum atomic E-state index is -0.247. The number of nitrogens with zero attached hydrogens (tertiary/aromatic N) is 2. The number of fused-ring (bicyclic) bond motifs is 3. The van der Waals surface area contributed by atoms with Crippen molar-refractivity contribution in [2.45, 2.75) is 20.4 Å². The lowest BCUT2D eigenvalue weighted by Crippen LogP contribution is -2.29. The maximum Gasteiger partial charge on any atom is 0.272 e. The van der Waals surface area contributed by atoms with Crippen LogP contribution in [0.4, 0.5) is 5.69 Å². The van der Waals surface area contributed by atoms with Gasteiger partial charge in [-0.15, -0.1) is 11.3 Å². The van der Waals surface area contributed by atoms with Gasteiger partial charge in [0.2, 0.25) is 5.91 Å². The molecule has 0 aliphatic heterocycles. The number of aryl methyl sites for hydroxylation is 2. The van der Waals surface area contributed by atoms with E-state index in [2.05, 4.69) is 10.3 Å². The zero-order valence-corrected chi connectivity index (χ0v) is 15.3. The van der Waals surface area contributed by atoms with E-state index in [1.807, 2.05) is 55.5 Å². The molecule has 130 valence electrons. The number of rotatable bonds is 3. The first-order valence-corrected chi connectivity index (χ1v) is 9.10. The molecule has 2 heterocycles. The van der Waals surface area contributed by atoms with Gasteiger partial charge in [0, 0.05) is 15.8 Å². The third kappa shape index (κ3) is 2.88. The van der Waals surface area contributed by atoms with E-state index in [0.717, 1.165) is 21.3 Å². The molecule has 2 aromatic heterocycles.